The molecule has 0 atom stereocenters. The summed E-state index contributed by atoms with van der Waals surface area (Å²) in [6, 6.07) is 17.0. The van der Waals surface area contributed by atoms with Gasteiger partial charge < -0.3 is 15.4 Å². The summed E-state index contributed by atoms with van der Waals surface area (Å²) in [6.07, 6.45) is -3.23. The van der Waals surface area contributed by atoms with E-state index >= 15 is 0 Å². The van der Waals surface area contributed by atoms with Gasteiger partial charge in [-0.15, -0.1) is 13.2 Å². The summed E-state index contributed by atoms with van der Waals surface area (Å²) in [7, 11) is 0. The molecule has 1 aliphatic carbocycles. The summed E-state index contributed by atoms with van der Waals surface area (Å²) in [6.45, 7) is 0. The van der Waals surface area contributed by atoms with Crippen LogP contribution in [-0.2, 0) is 16.0 Å². The van der Waals surface area contributed by atoms with Crippen LogP contribution in [-0.4, -0.2) is 23.2 Å². The van der Waals surface area contributed by atoms with E-state index in [4.69, 9.17) is 5.26 Å². The molecule has 2 aromatic carbocycles. The monoisotopic (exact) mass is 480 g/mol. The van der Waals surface area contributed by atoms with E-state index in [2.05, 4.69) is 20.4 Å². The van der Waals surface area contributed by atoms with Gasteiger partial charge in [-0.05, 0) is 65.9 Å². The van der Waals surface area contributed by atoms with Gasteiger partial charge in [-0.1, -0.05) is 24.3 Å². The number of hydrogen-bond donors (Lipinski definition) is 2. The highest BCUT2D eigenvalue weighted by Gasteiger charge is 2.31. The van der Waals surface area contributed by atoms with Gasteiger partial charge in [0.1, 0.15) is 17.4 Å². The van der Waals surface area contributed by atoms with Gasteiger partial charge in [0, 0.05) is 5.92 Å². The Bertz CT molecular complexity index is 1300. The van der Waals surface area contributed by atoms with Crippen molar-refractivity contribution in [1.82, 2.24) is 4.98 Å². The number of hydrogen-bond acceptors (Lipinski definition) is 5. The predicted molar refractivity (Wildman–Crippen MR) is 121 cm³/mol. The Balaban J connectivity index is 1.57. The minimum absolute atomic E-state index is 0.00529. The standard InChI is InChI=1S/C25H19F3N4O3/c26-25(27,28)35-20-8-6-17(7-9-20)19-12-21(30-22(13-19)32-24(34)18-4-5-18)31-23(33)11-15-2-1-3-16(10-15)14-29/h1-3,6-10,12-13,18H,4-5,11H2,(H2,30,31,32,33,34). The Kier molecular flexibility index (Phi) is 6.68. The Morgan fingerprint density at radius 1 is 1.00 bits per heavy atom. The van der Waals surface area contributed by atoms with E-state index in [1.807, 2.05) is 6.07 Å². The van der Waals surface area contributed by atoms with Crippen LogP contribution >= 0.6 is 0 Å². The minimum Gasteiger partial charge on any atom is -0.406 e. The molecule has 2 N–H and O–H groups in total. The van der Waals surface area contributed by atoms with Crippen LogP contribution in [0.25, 0.3) is 11.1 Å². The second kappa shape index (κ2) is 9.85. The molecule has 7 nitrogen and oxygen atoms in total. The Morgan fingerprint density at radius 2 is 1.69 bits per heavy atom. The van der Waals surface area contributed by atoms with Crippen molar-refractivity contribution >= 4 is 23.5 Å². The first-order valence-electron chi connectivity index (χ1n) is 10.7. The summed E-state index contributed by atoms with van der Waals surface area (Å²) in [5, 5.41) is 14.4. The fourth-order valence-corrected chi connectivity index (χ4v) is 3.37. The molecule has 2 amide bonds. The van der Waals surface area contributed by atoms with Crippen LogP contribution in [0.3, 0.4) is 0 Å². The third-order valence-electron chi connectivity index (χ3n) is 5.13. The number of nitrogens with zero attached hydrogens (tertiary/aromatic N) is 2. The number of carbonyl (C=O) groups excluding carboxylic acids is 2. The topological polar surface area (TPSA) is 104 Å². The SMILES string of the molecule is N#Cc1cccc(CC(=O)Nc2cc(-c3ccc(OC(F)(F)F)cc3)cc(NC(=O)C3CC3)n2)c1. The number of alkyl halides is 3. The fourth-order valence-electron chi connectivity index (χ4n) is 3.37. The molecule has 1 saturated carbocycles. The molecule has 4 rings (SSSR count). The van der Waals surface area contributed by atoms with Gasteiger partial charge >= 0.3 is 6.36 Å². The molecule has 1 fully saturated rings. The van der Waals surface area contributed by atoms with Crippen LogP contribution in [0.5, 0.6) is 5.75 Å². The molecule has 1 heterocycles. The summed E-state index contributed by atoms with van der Waals surface area (Å²) < 4.78 is 41.3. The maximum atomic E-state index is 12.6. The lowest BCUT2D eigenvalue weighted by atomic mass is 10.1. The molecule has 0 aliphatic heterocycles. The highest BCUT2D eigenvalue weighted by Crippen LogP contribution is 2.32. The van der Waals surface area contributed by atoms with E-state index in [0.717, 1.165) is 12.8 Å². The molecule has 0 radical (unpaired) electrons. The smallest absolute Gasteiger partial charge is 0.406 e. The second-order valence-electron chi connectivity index (χ2n) is 8.00. The zero-order chi connectivity index (χ0) is 25.0. The number of halogens is 3. The number of ether oxygens (including phenoxy) is 1. The van der Waals surface area contributed by atoms with Gasteiger partial charge in [0.15, 0.2) is 0 Å². The molecule has 3 aromatic rings. The third kappa shape index (κ3) is 6.80. The lowest BCUT2D eigenvalue weighted by molar-refractivity contribution is -0.274. The van der Waals surface area contributed by atoms with Crippen molar-refractivity contribution < 1.29 is 27.5 Å². The van der Waals surface area contributed by atoms with Gasteiger partial charge in [0.05, 0.1) is 18.1 Å². The first-order valence-corrected chi connectivity index (χ1v) is 10.7. The zero-order valence-corrected chi connectivity index (χ0v) is 18.2. The summed E-state index contributed by atoms with van der Waals surface area (Å²) in [5.41, 5.74) is 2.12. The number of aromatic nitrogens is 1. The second-order valence-corrected chi connectivity index (χ2v) is 8.00. The number of carbonyl (C=O) groups is 2. The maximum Gasteiger partial charge on any atom is 0.573 e. The molecular weight excluding hydrogens is 461 g/mol. The number of anilines is 2. The molecule has 10 heteroatoms. The summed E-state index contributed by atoms with van der Waals surface area (Å²) in [4.78, 5) is 29.2. The van der Waals surface area contributed by atoms with Crippen LogP contribution in [0, 0.1) is 17.2 Å². The first-order chi connectivity index (χ1) is 16.7. The van der Waals surface area contributed by atoms with Crippen molar-refractivity contribution in [2.24, 2.45) is 5.92 Å². The van der Waals surface area contributed by atoms with E-state index in [1.54, 1.807) is 36.4 Å². The van der Waals surface area contributed by atoms with Crippen LogP contribution < -0.4 is 15.4 Å². The average molecular weight is 480 g/mol. The molecule has 0 spiro atoms. The average Bonchev–Trinajstić information content (AvgIpc) is 3.64. The van der Waals surface area contributed by atoms with E-state index < -0.39 is 12.3 Å². The highest BCUT2D eigenvalue weighted by molar-refractivity contribution is 5.95. The lowest BCUT2D eigenvalue weighted by Gasteiger charge is -2.12. The van der Waals surface area contributed by atoms with Crippen molar-refractivity contribution in [2.45, 2.75) is 25.6 Å². The largest absolute Gasteiger partial charge is 0.573 e. The van der Waals surface area contributed by atoms with Crippen molar-refractivity contribution in [3.05, 3.63) is 71.8 Å². The third-order valence-corrected chi connectivity index (χ3v) is 5.13. The number of amides is 2. The molecule has 178 valence electrons. The quantitative estimate of drug-likeness (QED) is 0.493. The molecule has 0 bridgehead atoms. The number of benzene rings is 2. The minimum atomic E-state index is -4.80. The van der Waals surface area contributed by atoms with Crippen molar-refractivity contribution in [3.63, 3.8) is 0 Å². The number of nitriles is 1. The van der Waals surface area contributed by atoms with Crippen LogP contribution in [0.2, 0.25) is 0 Å². The predicted octanol–water partition coefficient (Wildman–Crippen LogP) is 5.05. The molecule has 0 unspecified atom stereocenters. The Labute approximate surface area is 198 Å². The zero-order valence-electron chi connectivity index (χ0n) is 18.2. The van der Waals surface area contributed by atoms with Crippen molar-refractivity contribution in [1.29, 1.82) is 5.26 Å². The van der Waals surface area contributed by atoms with E-state index in [1.165, 1.54) is 24.3 Å². The normalized spacial score (nSPS) is 13.0. The van der Waals surface area contributed by atoms with Crippen molar-refractivity contribution in [2.75, 3.05) is 10.6 Å². The molecule has 1 aliphatic rings. The first kappa shape index (κ1) is 23.8. The Hall–Kier alpha value is -4.39. The van der Waals surface area contributed by atoms with Crippen LogP contribution in [0.1, 0.15) is 24.0 Å². The lowest BCUT2D eigenvalue weighted by Crippen LogP contribution is -2.18. The molecule has 35 heavy (non-hydrogen) atoms. The molecule has 0 saturated heterocycles. The van der Waals surface area contributed by atoms with Gasteiger partial charge in [0.25, 0.3) is 0 Å². The van der Waals surface area contributed by atoms with E-state index in [0.29, 0.717) is 22.3 Å². The molecule has 1 aromatic heterocycles. The number of pyridine rings is 1. The van der Waals surface area contributed by atoms with E-state index in [9.17, 15) is 22.8 Å². The van der Waals surface area contributed by atoms with Crippen LogP contribution in [0.15, 0.2) is 60.7 Å². The maximum absolute atomic E-state index is 12.6. The summed E-state index contributed by atoms with van der Waals surface area (Å²) >= 11 is 0. The van der Waals surface area contributed by atoms with E-state index in [-0.39, 0.29) is 35.6 Å². The van der Waals surface area contributed by atoms with Gasteiger partial charge in [0.2, 0.25) is 11.8 Å². The fraction of sp³-hybridized carbons (Fsp3) is 0.200. The highest BCUT2D eigenvalue weighted by atomic mass is 19.4. The Morgan fingerprint density at radius 3 is 2.31 bits per heavy atom. The van der Waals surface area contributed by atoms with Crippen molar-refractivity contribution in [3.8, 4) is 22.9 Å². The van der Waals surface area contributed by atoms with Gasteiger partial charge in [-0.25, -0.2) is 4.98 Å². The summed E-state index contributed by atoms with van der Waals surface area (Å²) in [5.74, 6) is -0.662. The molecular formula is C25H19F3N4O3. The van der Waals surface area contributed by atoms with Crippen LogP contribution in [0.4, 0.5) is 24.8 Å². The number of nitrogens with one attached hydrogen (secondary N) is 2. The number of rotatable bonds is 7. The van der Waals surface area contributed by atoms with Gasteiger partial charge in [-0.3, -0.25) is 9.59 Å². The van der Waals surface area contributed by atoms with Gasteiger partial charge in [-0.2, -0.15) is 5.26 Å².